The fourth-order valence-corrected chi connectivity index (χ4v) is 5.77. The molecule has 5 rings (SSSR count). The SMILES string of the molecule is Cc1ccc([C@@H]2Cc3nc(N(C)C)sc3[C@@H]3C(=O)N(c4ccccc4)C(=O)[C@H]23)cc1. The van der Waals surface area contributed by atoms with Gasteiger partial charge in [0.05, 0.1) is 23.2 Å². The zero-order valence-electron chi connectivity index (χ0n) is 17.2. The summed E-state index contributed by atoms with van der Waals surface area (Å²) in [6, 6.07) is 17.6. The molecule has 152 valence electrons. The van der Waals surface area contributed by atoms with E-state index in [1.54, 1.807) is 0 Å². The predicted octanol–water partition coefficient (Wildman–Crippen LogP) is 4.13. The van der Waals surface area contributed by atoms with E-state index in [1.807, 2.05) is 49.3 Å². The van der Waals surface area contributed by atoms with Crippen LogP contribution in [0.15, 0.2) is 54.6 Å². The Bertz CT molecular complexity index is 1120. The van der Waals surface area contributed by atoms with Gasteiger partial charge in [0, 0.05) is 24.9 Å². The normalized spacial score (nSPS) is 22.8. The highest BCUT2D eigenvalue weighted by atomic mass is 32.1. The number of hydrogen-bond acceptors (Lipinski definition) is 5. The monoisotopic (exact) mass is 417 g/mol. The van der Waals surface area contributed by atoms with Gasteiger partial charge in [0.1, 0.15) is 0 Å². The lowest BCUT2D eigenvalue weighted by atomic mass is 9.72. The van der Waals surface area contributed by atoms with Gasteiger partial charge in [-0.3, -0.25) is 9.59 Å². The van der Waals surface area contributed by atoms with E-state index < -0.39 is 11.8 Å². The second kappa shape index (κ2) is 7.06. The standard InChI is InChI=1S/C24H23N3O2S/c1-14-9-11-15(12-10-14)17-13-18-21(30-24(25-18)26(2)3)20-19(17)22(28)27(23(20)29)16-7-5-4-6-8-16/h4-12,17,19-20H,13H2,1-3H3/t17-,19+,20+/m0/s1. The van der Waals surface area contributed by atoms with Gasteiger partial charge < -0.3 is 4.90 Å². The molecule has 0 bridgehead atoms. The summed E-state index contributed by atoms with van der Waals surface area (Å²) in [5.41, 5.74) is 3.86. The van der Waals surface area contributed by atoms with Crippen LogP contribution in [0.25, 0.3) is 0 Å². The highest BCUT2D eigenvalue weighted by molar-refractivity contribution is 7.16. The molecule has 2 aliphatic rings. The first kappa shape index (κ1) is 19.0. The summed E-state index contributed by atoms with van der Waals surface area (Å²) in [5, 5.41) is 0.877. The minimum absolute atomic E-state index is 0.0645. The third kappa shape index (κ3) is 2.86. The maximum atomic E-state index is 13.6. The molecule has 0 saturated carbocycles. The molecule has 0 unspecified atom stereocenters. The number of imide groups is 1. The van der Waals surface area contributed by atoms with Gasteiger partial charge in [-0.15, -0.1) is 11.3 Å². The third-order valence-electron chi connectivity index (χ3n) is 6.10. The summed E-state index contributed by atoms with van der Waals surface area (Å²) >= 11 is 1.54. The molecule has 2 heterocycles. The van der Waals surface area contributed by atoms with Crippen LogP contribution in [-0.2, 0) is 16.0 Å². The number of hydrogen-bond donors (Lipinski definition) is 0. The van der Waals surface area contributed by atoms with Crippen LogP contribution < -0.4 is 9.80 Å². The molecule has 3 aromatic rings. The molecule has 1 fully saturated rings. The first-order valence-electron chi connectivity index (χ1n) is 10.1. The molecule has 5 nitrogen and oxygen atoms in total. The summed E-state index contributed by atoms with van der Waals surface area (Å²) in [7, 11) is 3.91. The Kier molecular flexibility index (Phi) is 4.47. The van der Waals surface area contributed by atoms with Crippen LogP contribution in [-0.4, -0.2) is 30.9 Å². The molecule has 2 amide bonds. The van der Waals surface area contributed by atoms with Crippen LogP contribution in [0, 0.1) is 12.8 Å². The molecule has 1 saturated heterocycles. The molecule has 2 aromatic carbocycles. The summed E-state index contributed by atoms with van der Waals surface area (Å²) in [6.45, 7) is 2.05. The Morgan fingerprint density at radius 1 is 1.00 bits per heavy atom. The van der Waals surface area contributed by atoms with Gasteiger partial charge in [-0.05, 0) is 31.0 Å². The summed E-state index contributed by atoms with van der Waals surface area (Å²) < 4.78 is 0. The number of nitrogens with zero attached hydrogens (tertiary/aromatic N) is 3. The minimum atomic E-state index is -0.473. The van der Waals surface area contributed by atoms with Crippen molar-refractivity contribution >= 4 is 34.0 Å². The fraction of sp³-hybridized carbons (Fsp3) is 0.292. The molecule has 0 N–H and O–H groups in total. The van der Waals surface area contributed by atoms with Crippen LogP contribution in [0.5, 0.6) is 0 Å². The Morgan fingerprint density at radius 3 is 2.37 bits per heavy atom. The van der Waals surface area contributed by atoms with Crippen LogP contribution in [0.1, 0.15) is 33.5 Å². The van der Waals surface area contributed by atoms with Gasteiger partial charge in [-0.1, -0.05) is 48.0 Å². The number of aryl methyl sites for hydroxylation is 1. The first-order chi connectivity index (χ1) is 14.5. The summed E-state index contributed by atoms with van der Waals surface area (Å²) in [6.07, 6.45) is 0.672. The van der Waals surface area contributed by atoms with Gasteiger partial charge >= 0.3 is 0 Å². The fourth-order valence-electron chi connectivity index (χ4n) is 4.61. The second-order valence-electron chi connectivity index (χ2n) is 8.27. The molecule has 0 spiro atoms. The average molecular weight is 418 g/mol. The Labute approximate surface area is 180 Å². The number of aromatic nitrogens is 1. The van der Waals surface area contributed by atoms with Crippen molar-refractivity contribution in [2.75, 3.05) is 23.9 Å². The van der Waals surface area contributed by atoms with Crippen molar-refractivity contribution in [1.29, 1.82) is 0 Å². The van der Waals surface area contributed by atoms with Crippen molar-refractivity contribution < 1.29 is 9.59 Å². The highest BCUT2D eigenvalue weighted by Gasteiger charge is 2.56. The van der Waals surface area contributed by atoms with E-state index in [1.165, 1.54) is 21.8 Å². The number of amides is 2. The number of benzene rings is 2. The van der Waals surface area contributed by atoms with E-state index >= 15 is 0 Å². The lowest BCUT2D eigenvalue weighted by molar-refractivity contribution is -0.122. The number of para-hydroxylation sites is 1. The summed E-state index contributed by atoms with van der Waals surface area (Å²) in [5.74, 6) is -1.18. The van der Waals surface area contributed by atoms with Crippen LogP contribution in [0.4, 0.5) is 10.8 Å². The topological polar surface area (TPSA) is 53.5 Å². The number of carbonyl (C=O) groups excluding carboxylic acids is 2. The number of rotatable bonds is 3. The van der Waals surface area contributed by atoms with E-state index in [9.17, 15) is 9.59 Å². The van der Waals surface area contributed by atoms with E-state index in [0.717, 1.165) is 21.3 Å². The molecule has 3 atom stereocenters. The molecule has 0 radical (unpaired) electrons. The maximum Gasteiger partial charge on any atom is 0.243 e. The van der Waals surface area contributed by atoms with Crippen molar-refractivity contribution in [2.24, 2.45) is 5.92 Å². The zero-order valence-corrected chi connectivity index (χ0v) is 18.0. The van der Waals surface area contributed by atoms with Gasteiger partial charge in [-0.2, -0.15) is 0 Å². The zero-order chi connectivity index (χ0) is 21.0. The third-order valence-corrected chi connectivity index (χ3v) is 7.45. The van der Waals surface area contributed by atoms with Gasteiger partial charge in [0.2, 0.25) is 11.8 Å². The Balaban J connectivity index is 1.66. The van der Waals surface area contributed by atoms with Crippen molar-refractivity contribution in [3.8, 4) is 0 Å². The summed E-state index contributed by atoms with van der Waals surface area (Å²) in [4.78, 5) is 36.4. The molecule has 30 heavy (non-hydrogen) atoms. The Hall–Kier alpha value is -2.99. The van der Waals surface area contributed by atoms with Gasteiger partial charge in [0.25, 0.3) is 0 Å². The number of carbonyl (C=O) groups is 2. The van der Waals surface area contributed by atoms with E-state index in [0.29, 0.717) is 12.1 Å². The average Bonchev–Trinajstić information content (AvgIpc) is 3.28. The van der Waals surface area contributed by atoms with Crippen molar-refractivity contribution in [3.63, 3.8) is 0 Å². The number of thiazole rings is 1. The van der Waals surface area contributed by atoms with Crippen molar-refractivity contribution in [2.45, 2.75) is 25.2 Å². The van der Waals surface area contributed by atoms with Crippen LogP contribution >= 0.6 is 11.3 Å². The smallest absolute Gasteiger partial charge is 0.243 e. The molecule has 1 aromatic heterocycles. The molecule has 6 heteroatoms. The first-order valence-corrected chi connectivity index (χ1v) is 10.9. The quantitative estimate of drug-likeness (QED) is 0.602. The second-order valence-corrected chi connectivity index (χ2v) is 9.28. The van der Waals surface area contributed by atoms with E-state index in [-0.39, 0.29) is 17.7 Å². The molecular formula is C24H23N3O2S. The van der Waals surface area contributed by atoms with Crippen molar-refractivity contribution in [1.82, 2.24) is 4.98 Å². The number of anilines is 2. The molecule has 1 aliphatic carbocycles. The minimum Gasteiger partial charge on any atom is -0.354 e. The largest absolute Gasteiger partial charge is 0.354 e. The van der Waals surface area contributed by atoms with Gasteiger partial charge in [-0.25, -0.2) is 9.88 Å². The lowest BCUT2D eigenvalue weighted by Gasteiger charge is -2.30. The van der Waals surface area contributed by atoms with E-state index in [4.69, 9.17) is 4.98 Å². The van der Waals surface area contributed by atoms with Crippen molar-refractivity contribution in [3.05, 3.63) is 76.3 Å². The predicted molar refractivity (Wildman–Crippen MR) is 119 cm³/mol. The Morgan fingerprint density at radius 2 is 1.70 bits per heavy atom. The van der Waals surface area contributed by atoms with Crippen LogP contribution in [0.2, 0.25) is 0 Å². The number of fused-ring (bicyclic) bond motifs is 3. The van der Waals surface area contributed by atoms with Gasteiger partial charge in [0.15, 0.2) is 5.13 Å². The molecular weight excluding hydrogens is 394 g/mol. The lowest BCUT2D eigenvalue weighted by Crippen LogP contribution is -2.32. The van der Waals surface area contributed by atoms with Crippen LogP contribution in [0.3, 0.4) is 0 Å². The molecule has 1 aliphatic heterocycles. The maximum absolute atomic E-state index is 13.6. The highest BCUT2D eigenvalue weighted by Crippen LogP contribution is 2.52. The van der Waals surface area contributed by atoms with E-state index in [2.05, 4.69) is 31.2 Å².